The van der Waals surface area contributed by atoms with Crippen LogP contribution in [-0.4, -0.2) is 17.9 Å². The fourth-order valence-electron chi connectivity index (χ4n) is 1.92. The molecule has 110 valence electrons. The highest BCUT2D eigenvalue weighted by Crippen LogP contribution is 2.28. The van der Waals surface area contributed by atoms with E-state index in [9.17, 15) is 4.79 Å². The summed E-state index contributed by atoms with van der Waals surface area (Å²) in [6.45, 7) is 2.13. The van der Waals surface area contributed by atoms with Gasteiger partial charge in [0.2, 0.25) is 5.91 Å². The minimum atomic E-state index is 0.0426. The van der Waals surface area contributed by atoms with Crippen molar-refractivity contribution in [3.05, 3.63) is 60.2 Å². The molecule has 0 bridgehead atoms. The van der Waals surface area contributed by atoms with Crippen LogP contribution in [0.2, 0.25) is 0 Å². The van der Waals surface area contributed by atoms with Gasteiger partial charge in [0.05, 0.1) is 5.75 Å². The Labute approximate surface area is 134 Å². The van der Waals surface area contributed by atoms with Crippen LogP contribution in [0.25, 0.3) is 0 Å². The second kappa shape index (κ2) is 8.15. The van der Waals surface area contributed by atoms with Crippen molar-refractivity contribution in [2.24, 2.45) is 0 Å². The van der Waals surface area contributed by atoms with Gasteiger partial charge in [-0.05, 0) is 36.9 Å². The number of rotatable bonds is 6. The summed E-state index contributed by atoms with van der Waals surface area (Å²) in [6, 6.07) is 18.2. The van der Waals surface area contributed by atoms with E-state index in [-0.39, 0.29) is 5.91 Å². The number of hydrogen-bond acceptors (Lipinski definition) is 3. The first-order valence-corrected chi connectivity index (χ1v) is 9.07. The number of carbonyl (C=O) groups is 1. The molecule has 1 amide bonds. The zero-order valence-corrected chi connectivity index (χ0v) is 13.8. The van der Waals surface area contributed by atoms with Gasteiger partial charge in [0.15, 0.2) is 0 Å². The second-order valence-electron chi connectivity index (χ2n) is 4.64. The van der Waals surface area contributed by atoms with Crippen molar-refractivity contribution < 1.29 is 4.79 Å². The molecule has 0 aromatic heterocycles. The summed E-state index contributed by atoms with van der Waals surface area (Å²) in [7, 11) is 0. The largest absolute Gasteiger partial charge is 0.325 e. The molecule has 0 saturated carbocycles. The van der Waals surface area contributed by atoms with Crippen LogP contribution in [0.5, 0.6) is 0 Å². The number of hydrogen-bond donors (Lipinski definition) is 1. The molecule has 0 aliphatic rings. The van der Waals surface area contributed by atoms with Crippen molar-refractivity contribution in [2.45, 2.75) is 17.1 Å². The van der Waals surface area contributed by atoms with Crippen LogP contribution in [0.4, 0.5) is 5.69 Å². The van der Waals surface area contributed by atoms with Gasteiger partial charge < -0.3 is 5.32 Å². The van der Waals surface area contributed by atoms with Gasteiger partial charge in [-0.2, -0.15) is 0 Å². The van der Waals surface area contributed by atoms with Crippen molar-refractivity contribution in [1.29, 1.82) is 0 Å². The number of anilines is 1. The van der Waals surface area contributed by atoms with Gasteiger partial charge in [0.1, 0.15) is 0 Å². The van der Waals surface area contributed by atoms with Crippen LogP contribution >= 0.6 is 23.5 Å². The first kappa shape index (κ1) is 16.0. The molecule has 0 radical (unpaired) electrons. The highest BCUT2D eigenvalue weighted by Gasteiger charge is 2.09. The highest BCUT2D eigenvalue weighted by molar-refractivity contribution is 8.00. The third kappa shape index (κ3) is 5.14. The lowest BCUT2D eigenvalue weighted by molar-refractivity contribution is -0.113. The summed E-state index contributed by atoms with van der Waals surface area (Å²) in [5.74, 6) is 0.501. The van der Waals surface area contributed by atoms with E-state index in [2.05, 4.69) is 24.4 Å². The first-order valence-electron chi connectivity index (χ1n) is 6.79. The molecule has 21 heavy (non-hydrogen) atoms. The minimum Gasteiger partial charge on any atom is -0.325 e. The third-order valence-electron chi connectivity index (χ3n) is 3.09. The maximum Gasteiger partial charge on any atom is 0.234 e. The van der Waals surface area contributed by atoms with E-state index < -0.39 is 0 Å². The molecule has 0 spiro atoms. The molecule has 0 heterocycles. The van der Waals surface area contributed by atoms with E-state index in [4.69, 9.17) is 0 Å². The Morgan fingerprint density at radius 2 is 1.90 bits per heavy atom. The molecule has 2 aromatic carbocycles. The predicted octanol–water partition coefficient (Wildman–Crippen LogP) is 4.84. The van der Waals surface area contributed by atoms with Crippen molar-refractivity contribution in [3.8, 4) is 0 Å². The van der Waals surface area contributed by atoms with Crippen molar-refractivity contribution in [3.63, 3.8) is 0 Å². The molecule has 2 aromatic rings. The smallest absolute Gasteiger partial charge is 0.234 e. The maximum atomic E-state index is 12.0. The first-order chi connectivity index (χ1) is 10.2. The van der Waals surface area contributed by atoms with E-state index >= 15 is 0 Å². The Balaban J connectivity index is 1.84. The van der Waals surface area contributed by atoms with Gasteiger partial charge in [0, 0.05) is 15.8 Å². The molecule has 0 fully saturated rings. The summed E-state index contributed by atoms with van der Waals surface area (Å²) in [5, 5.41) is 3.26. The average Bonchev–Trinajstić information content (AvgIpc) is 2.53. The van der Waals surface area contributed by atoms with E-state index in [1.165, 1.54) is 5.56 Å². The lowest BCUT2D eigenvalue weighted by Crippen LogP contribution is -2.14. The number of benzene rings is 2. The standard InChI is InChI=1S/C17H19NOS2/c1-13(14-7-4-3-5-8-14)21-12-17(19)18-15-9-6-10-16(11-15)20-2/h3-11,13H,12H2,1-2H3,(H,18,19)/t13-/m0/s1. The fourth-order valence-corrected chi connectivity index (χ4v) is 3.20. The summed E-state index contributed by atoms with van der Waals surface area (Å²) < 4.78 is 0. The predicted molar refractivity (Wildman–Crippen MR) is 94.2 cm³/mol. The van der Waals surface area contributed by atoms with Gasteiger partial charge in [-0.3, -0.25) is 4.79 Å². The summed E-state index contributed by atoms with van der Waals surface area (Å²) >= 11 is 3.32. The topological polar surface area (TPSA) is 29.1 Å². The minimum absolute atomic E-state index is 0.0426. The third-order valence-corrected chi connectivity index (χ3v) is 5.01. The molecule has 0 saturated heterocycles. The molecule has 1 N–H and O–H groups in total. The SMILES string of the molecule is CSc1cccc(NC(=O)CS[C@@H](C)c2ccccc2)c1. The lowest BCUT2D eigenvalue weighted by atomic mass is 10.2. The van der Waals surface area contributed by atoms with Gasteiger partial charge in [-0.15, -0.1) is 23.5 Å². The van der Waals surface area contributed by atoms with Gasteiger partial charge in [-0.1, -0.05) is 36.4 Å². The Morgan fingerprint density at radius 1 is 1.14 bits per heavy atom. The average molecular weight is 317 g/mol. The van der Waals surface area contributed by atoms with Crippen LogP contribution in [0.1, 0.15) is 17.7 Å². The molecule has 0 aliphatic heterocycles. The van der Waals surface area contributed by atoms with Crippen molar-refractivity contribution >= 4 is 35.1 Å². The maximum absolute atomic E-state index is 12.0. The highest BCUT2D eigenvalue weighted by atomic mass is 32.2. The van der Waals surface area contributed by atoms with Gasteiger partial charge in [-0.25, -0.2) is 0 Å². The Kier molecular flexibility index (Phi) is 6.21. The van der Waals surface area contributed by atoms with Crippen molar-refractivity contribution in [1.82, 2.24) is 0 Å². The van der Waals surface area contributed by atoms with E-state index in [0.717, 1.165) is 10.6 Å². The van der Waals surface area contributed by atoms with Crippen LogP contribution in [0, 0.1) is 0 Å². The molecule has 1 atom stereocenters. The second-order valence-corrected chi connectivity index (χ2v) is 6.85. The zero-order chi connectivity index (χ0) is 15.1. The quantitative estimate of drug-likeness (QED) is 0.773. The van der Waals surface area contributed by atoms with Gasteiger partial charge in [0.25, 0.3) is 0 Å². The monoisotopic (exact) mass is 317 g/mol. The van der Waals surface area contributed by atoms with Crippen LogP contribution in [0.3, 0.4) is 0 Å². The molecular weight excluding hydrogens is 298 g/mol. The fraction of sp³-hybridized carbons (Fsp3) is 0.235. The van der Waals surface area contributed by atoms with Crippen LogP contribution in [0.15, 0.2) is 59.5 Å². The normalized spacial score (nSPS) is 11.9. The molecule has 4 heteroatoms. The molecule has 0 aliphatic carbocycles. The summed E-state index contributed by atoms with van der Waals surface area (Å²) in [5.41, 5.74) is 2.11. The van der Waals surface area contributed by atoms with E-state index in [0.29, 0.717) is 11.0 Å². The summed E-state index contributed by atoms with van der Waals surface area (Å²) in [4.78, 5) is 13.2. The number of thioether (sulfide) groups is 2. The molecule has 2 rings (SSSR count). The molecule has 0 unspecified atom stereocenters. The Bertz CT molecular complexity index is 586. The number of nitrogens with one attached hydrogen (secondary N) is 1. The lowest BCUT2D eigenvalue weighted by Gasteiger charge is -2.12. The Morgan fingerprint density at radius 3 is 2.62 bits per heavy atom. The Hall–Kier alpha value is -1.39. The summed E-state index contributed by atoms with van der Waals surface area (Å²) in [6.07, 6.45) is 2.03. The number of carbonyl (C=O) groups excluding carboxylic acids is 1. The zero-order valence-electron chi connectivity index (χ0n) is 12.2. The van der Waals surface area contributed by atoms with Crippen LogP contribution in [-0.2, 0) is 4.79 Å². The molecular formula is C17H19NOS2. The van der Waals surface area contributed by atoms with E-state index in [1.54, 1.807) is 23.5 Å². The number of amides is 1. The van der Waals surface area contributed by atoms with Crippen molar-refractivity contribution in [2.75, 3.05) is 17.3 Å². The van der Waals surface area contributed by atoms with Gasteiger partial charge >= 0.3 is 0 Å². The van der Waals surface area contributed by atoms with E-state index in [1.807, 2.05) is 48.7 Å². The molecule has 2 nitrogen and oxygen atoms in total. The van der Waals surface area contributed by atoms with Crippen LogP contribution < -0.4 is 5.32 Å².